The van der Waals surface area contributed by atoms with Crippen molar-refractivity contribution in [3.8, 4) is 5.69 Å². The van der Waals surface area contributed by atoms with E-state index in [9.17, 15) is 13.6 Å². The zero-order chi connectivity index (χ0) is 23.0. The molecule has 0 bridgehead atoms. The van der Waals surface area contributed by atoms with Gasteiger partial charge in [0, 0.05) is 11.9 Å². The Labute approximate surface area is 185 Å². The quantitative estimate of drug-likeness (QED) is 0.424. The summed E-state index contributed by atoms with van der Waals surface area (Å²) < 4.78 is 30.4. The number of hydrogen-bond donors (Lipinski definition) is 2. The van der Waals surface area contributed by atoms with Crippen molar-refractivity contribution in [1.82, 2.24) is 14.5 Å². The van der Waals surface area contributed by atoms with Crippen LogP contribution in [0.5, 0.6) is 0 Å². The summed E-state index contributed by atoms with van der Waals surface area (Å²) in [4.78, 5) is 24.6. The summed E-state index contributed by atoms with van der Waals surface area (Å²) in [6, 6.07) is 9.09. The molecule has 0 radical (unpaired) electrons. The molecule has 4 aromatic rings. The molecule has 2 aromatic heterocycles. The van der Waals surface area contributed by atoms with E-state index in [-0.39, 0.29) is 33.6 Å². The van der Waals surface area contributed by atoms with Gasteiger partial charge in [0.1, 0.15) is 23.1 Å². The average Bonchev–Trinajstić information content (AvgIpc) is 2.75. The van der Waals surface area contributed by atoms with Crippen molar-refractivity contribution in [2.24, 2.45) is 0 Å². The van der Waals surface area contributed by atoms with E-state index < -0.39 is 28.9 Å². The fourth-order valence-electron chi connectivity index (χ4n) is 3.45. The number of nitrogens with one attached hydrogen (secondary N) is 1. The van der Waals surface area contributed by atoms with E-state index in [1.165, 1.54) is 18.3 Å². The summed E-state index contributed by atoms with van der Waals surface area (Å²) in [6.45, 7) is 8.96. The molecule has 10 heteroatoms. The molecule has 1 atom stereocenters. The van der Waals surface area contributed by atoms with E-state index >= 15 is 0 Å². The first kappa shape index (κ1) is 21.2. The van der Waals surface area contributed by atoms with Crippen molar-refractivity contribution in [1.29, 1.82) is 0 Å². The number of rotatable bonds is 4. The molecule has 0 aliphatic rings. The molecule has 0 saturated carbocycles. The molecule has 0 amide bonds. The summed E-state index contributed by atoms with van der Waals surface area (Å²) in [7, 11) is 0. The zero-order valence-corrected chi connectivity index (χ0v) is 17.4. The summed E-state index contributed by atoms with van der Waals surface area (Å²) in [5.41, 5.74) is 4.74. The molecule has 0 unspecified atom stereocenters. The maximum atomic E-state index is 14.7. The third kappa shape index (κ3) is 3.61. The maximum Gasteiger partial charge on any atom is 0.264 e. The van der Waals surface area contributed by atoms with Crippen LogP contribution in [0.3, 0.4) is 0 Å². The fourth-order valence-corrected chi connectivity index (χ4v) is 3.71. The fraction of sp³-hybridized carbons (Fsp3) is 0.0909. The van der Waals surface area contributed by atoms with Crippen LogP contribution < -0.4 is 16.6 Å². The number of para-hydroxylation sites is 1. The van der Waals surface area contributed by atoms with Crippen LogP contribution in [-0.4, -0.2) is 14.5 Å². The van der Waals surface area contributed by atoms with Gasteiger partial charge in [0.25, 0.3) is 5.56 Å². The van der Waals surface area contributed by atoms with Gasteiger partial charge in [-0.3, -0.25) is 9.36 Å². The lowest BCUT2D eigenvalue weighted by molar-refractivity contribution is 0.561. The van der Waals surface area contributed by atoms with E-state index in [1.54, 1.807) is 25.1 Å². The minimum absolute atomic E-state index is 0.0602. The highest BCUT2D eigenvalue weighted by atomic mass is 35.5. The Morgan fingerprint density at radius 2 is 1.91 bits per heavy atom. The predicted octanol–water partition coefficient (Wildman–Crippen LogP) is 5.02. The minimum Gasteiger partial charge on any atom is -0.371 e. The molecule has 4 rings (SSSR count). The van der Waals surface area contributed by atoms with Crippen LogP contribution in [0.2, 0.25) is 5.02 Å². The van der Waals surface area contributed by atoms with Crippen molar-refractivity contribution >= 4 is 39.8 Å². The van der Waals surface area contributed by atoms with E-state index in [2.05, 4.69) is 20.1 Å². The van der Waals surface area contributed by atoms with Crippen molar-refractivity contribution in [2.45, 2.75) is 13.0 Å². The summed E-state index contributed by atoms with van der Waals surface area (Å²) in [6.07, 6.45) is 1.26. The molecule has 0 spiro atoms. The number of hydrogen-bond acceptors (Lipinski definition) is 5. The summed E-state index contributed by atoms with van der Waals surface area (Å²) in [5, 5.41) is 3.77. The van der Waals surface area contributed by atoms with Gasteiger partial charge in [-0.1, -0.05) is 29.8 Å². The molecule has 2 heterocycles. The predicted molar refractivity (Wildman–Crippen MR) is 119 cm³/mol. The average molecular weight is 453 g/mol. The normalized spacial score (nSPS) is 11.8. The number of halogens is 3. The van der Waals surface area contributed by atoms with Gasteiger partial charge < -0.3 is 11.1 Å². The number of anilines is 2. The van der Waals surface area contributed by atoms with E-state index in [0.717, 1.165) is 16.7 Å². The molecular formula is C22H15ClF2N6O. The van der Waals surface area contributed by atoms with E-state index in [0.29, 0.717) is 5.39 Å². The van der Waals surface area contributed by atoms with Crippen LogP contribution in [0, 0.1) is 18.2 Å². The molecule has 0 aliphatic carbocycles. The monoisotopic (exact) mass is 452 g/mol. The van der Waals surface area contributed by atoms with Gasteiger partial charge in [0.05, 0.1) is 23.0 Å². The lowest BCUT2D eigenvalue weighted by Crippen LogP contribution is -2.27. The SMILES string of the molecule is [C-]#[N+]c1cnc(N)nc1N[C@@H](C)c1cc2cccc(Cl)c2c(=O)n1-c1c(F)cccc1F. The van der Waals surface area contributed by atoms with Gasteiger partial charge in [-0.05, 0) is 36.6 Å². The Hall–Kier alpha value is -4.03. The molecule has 160 valence electrons. The molecule has 7 nitrogen and oxygen atoms in total. The highest BCUT2D eigenvalue weighted by Crippen LogP contribution is 2.31. The Balaban J connectivity index is 2.00. The van der Waals surface area contributed by atoms with Gasteiger partial charge in [-0.15, -0.1) is 0 Å². The van der Waals surface area contributed by atoms with Crippen molar-refractivity contribution in [3.05, 3.63) is 92.8 Å². The number of nitrogens with two attached hydrogens (primary N) is 1. The Kier molecular flexibility index (Phi) is 5.47. The van der Waals surface area contributed by atoms with Gasteiger partial charge in [-0.2, -0.15) is 0 Å². The second-order valence-corrected chi connectivity index (χ2v) is 7.33. The molecule has 0 fully saturated rings. The first-order valence-corrected chi connectivity index (χ1v) is 9.74. The van der Waals surface area contributed by atoms with E-state index in [1.807, 2.05) is 0 Å². The third-order valence-electron chi connectivity index (χ3n) is 4.89. The third-order valence-corrected chi connectivity index (χ3v) is 5.21. The topological polar surface area (TPSA) is 90.2 Å². The molecular weight excluding hydrogens is 438 g/mol. The number of aromatic nitrogens is 3. The molecule has 2 aromatic carbocycles. The van der Waals surface area contributed by atoms with Crippen molar-refractivity contribution < 1.29 is 8.78 Å². The highest BCUT2D eigenvalue weighted by Gasteiger charge is 2.23. The largest absolute Gasteiger partial charge is 0.371 e. The molecule has 32 heavy (non-hydrogen) atoms. The standard InChI is InChI=1S/C22H15ClF2N6O/c1-11(29-20-16(27-2)10-28-22(26)30-20)17-9-12-5-3-6-13(23)18(12)21(32)31(17)19-14(24)7-4-8-15(19)25/h3-11H,1H3,(H3,26,28,29,30)/t11-/m0/s1. The van der Waals surface area contributed by atoms with Crippen LogP contribution in [0.1, 0.15) is 18.7 Å². The Morgan fingerprint density at radius 1 is 1.22 bits per heavy atom. The molecule has 0 aliphatic heterocycles. The number of nitrogen functional groups attached to an aromatic ring is 1. The molecule has 0 saturated heterocycles. The van der Waals surface area contributed by atoms with Crippen LogP contribution in [0.25, 0.3) is 21.3 Å². The highest BCUT2D eigenvalue weighted by molar-refractivity contribution is 6.35. The second kappa shape index (κ2) is 8.24. The van der Waals surface area contributed by atoms with Gasteiger partial charge >= 0.3 is 0 Å². The maximum absolute atomic E-state index is 14.7. The van der Waals surface area contributed by atoms with Gasteiger partial charge in [0.15, 0.2) is 0 Å². The van der Waals surface area contributed by atoms with Crippen molar-refractivity contribution in [3.63, 3.8) is 0 Å². The van der Waals surface area contributed by atoms with Crippen molar-refractivity contribution in [2.75, 3.05) is 11.1 Å². The Morgan fingerprint density at radius 3 is 2.59 bits per heavy atom. The van der Waals surface area contributed by atoms with Crippen LogP contribution in [0.4, 0.5) is 26.2 Å². The summed E-state index contributed by atoms with van der Waals surface area (Å²) in [5.74, 6) is -1.77. The first-order chi connectivity index (χ1) is 15.3. The van der Waals surface area contributed by atoms with Gasteiger partial charge in [-0.25, -0.2) is 23.6 Å². The zero-order valence-electron chi connectivity index (χ0n) is 16.6. The number of nitrogens with zero attached hydrogens (tertiary/aromatic N) is 4. The number of benzene rings is 2. The molecule has 3 N–H and O–H groups in total. The summed E-state index contributed by atoms with van der Waals surface area (Å²) >= 11 is 6.24. The lowest BCUT2D eigenvalue weighted by atomic mass is 10.1. The second-order valence-electron chi connectivity index (χ2n) is 6.92. The van der Waals surface area contributed by atoms with E-state index in [4.69, 9.17) is 23.9 Å². The smallest absolute Gasteiger partial charge is 0.264 e. The first-order valence-electron chi connectivity index (χ1n) is 9.37. The number of pyridine rings is 1. The van der Waals surface area contributed by atoms with Crippen LogP contribution in [-0.2, 0) is 0 Å². The lowest BCUT2D eigenvalue weighted by Gasteiger charge is -2.22. The van der Waals surface area contributed by atoms with Crippen LogP contribution in [0.15, 0.2) is 53.5 Å². The Bertz CT molecular complexity index is 1440. The minimum atomic E-state index is -0.917. The van der Waals surface area contributed by atoms with Crippen LogP contribution >= 0.6 is 11.6 Å². The van der Waals surface area contributed by atoms with Gasteiger partial charge in [0.2, 0.25) is 11.6 Å². The number of fused-ring (bicyclic) bond motifs is 1.